The standard InChI is InChI=1S/C8H5N3OS/c12-13-7-4-5-2-1-3-6(5)9-8(7)10-11-13/h1-4,11H. The smallest absolute Gasteiger partial charge is 0.243 e. The fraction of sp³-hybridized carbons (Fsp3) is 0. The van der Waals surface area contributed by atoms with Gasteiger partial charge in [0.2, 0.25) is 10.3 Å². The Morgan fingerprint density at radius 2 is 2.31 bits per heavy atom. The second-order valence-electron chi connectivity index (χ2n) is 2.78. The third-order valence-corrected chi connectivity index (χ3v) is 2.95. The topological polar surface area (TPSA) is 64.6 Å². The van der Waals surface area contributed by atoms with Crippen LogP contribution in [0.25, 0.3) is 21.3 Å². The molecule has 4 nitrogen and oxygen atoms in total. The number of fused-ring (bicyclic) bond motifs is 2. The average Bonchev–Trinajstić information content (AvgIpc) is 2.70. The summed E-state index contributed by atoms with van der Waals surface area (Å²) in [5, 5.41) is 4.85. The molecule has 0 saturated carbocycles. The zero-order valence-corrected chi connectivity index (χ0v) is 7.34. The van der Waals surface area contributed by atoms with Crippen molar-refractivity contribution in [1.29, 1.82) is 0 Å². The van der Waals surface area contributed by atoms with Crippen molar-refractivity contribution in [2.45, 2.75) is 0 Å². The van der Waals surface area contributed by atoms with Gasteiger partial charge in [-0.3, -0.25) is 0 Å². The van der Waals surface area contributed by atoms with Crippen molar-refractivity contribution < 1.29 is 4.55 Å². The highest BCUT2D eigenvalue weighted by Gasteiger charge is 2.09. The van der Waals surface area contributed by atoms with E-state index in [-0.39, 0.29) is 0 Å². The van der Waals surface area contributed by atoms with Gasteiger partial charge in [0.1, 0.15) is 0 Å². The normalized spacial score (nSPS) is 12.8. The average molecular weight is 191 g/mol. The largest absolute Gasteiger partial charge is 0.569 e. The molecule has 2 aromatic heterocycles. The monoisotopic (exact) mass is 191 g/mol. The van der Waals surface area contributed by atoms with Crippen molar-refractivity contribution >= 4 is 32.2 Å². The van der Waals surface area contributed by atoms with Crippen LogP contribution < -0.4 is 0 Å². The molecular formula is C8H5N3OS. The van der Waals surface area contributed by atoms with E-state index in [1.54, 1.807) is 0 Å². The van der Waals surface area contributed by atoms with Gasteiger partial charge in [-0.1, -0.05) is 12.1 Å². The molecule has 0 spiro atoms. The van der Waals surface area contributed by atoms with E-state index in [1.165, 1.54) is 0 Å². The number of pyridine rings is 1. The van der Waals surface area contributed by atoms with E-state index < -0.39 is 10.9 Å². The zero-order valence-electron chi connectivity index (χ0n) is 6.52. The molecular weight excluding hydrogens is 186 g/mol. The lowest BCUT2D eigenvalue weighted by molar-refractivity contribution is 0.591. The number of hydrogen-bond acceptors (Lipinski definition) is 3. The minimum absolute atomic E-state index is 0.539. The summed E-state index contributed by atoms with van der Waals surface area (Å²) < 4.78 is 14.4. The van der Waals surface area contributed by atoms with Crippen molar-refractivity contribution in [2.75, 3.05) is 0 Å². The Hall–Kier alpha value is -1.46. The predicted octanol–water partition coefficient (Wildman–Crippen LogP) is 1.84. The highest BCUT2D eigenvalue weighted by atomic mass is 32.2. The summed E-state index contributed by atoms with van der Waals surface area (Å²) in [6.07, 6.45) is 0. The van der Waals surface area contributed by atoms with Gasteiger partial charge in [0.15, 0.2) is 0 Å². The van der Waals surface area contributed by atoms with Crippen LogP contribution in [0, 0.1) is 0 Å². The lowest BCUT2D eigenvalue weighted by Crippen LogP contribution is -1.75. The van der Waals surface area contributed by atoms with Crippen LogP contribution in [-0.4, -0.2) is 19.1 Å². The molecule has 0 aliphatic rings. The molecule has 0 bridgehead atoms. The molecule has 1 N–H and O–H groups in total. The van der Waals surface area contributed by atoms with Gasteiger partial charge in [-0.2, -0.15) is 0 Å². The predicted molar refractivity (Wildman–Crippen MR) is 50.0 cm³/mol. The van der Waals surface area contributed by atoms with E-state index in [0.29, 0.717) is 10.3 Å². The number of rotatable bonds is 0. The minimum Gasteiger partial charge on any atom is -0.569 e. The molecule has 0 aliphatic heterocycles. The molecule has 0 radical (unpaired) electrons. The number of aromatic nitrogens is 3. The third-order valence-electron chi connectivity index (χ3n) is 1.99. The summed E-state index contributed by atoms with van der Waals surface area (Å²) >= 11 is 0. The Kier molecular flexibility index (Phi) is 1.22. The van der Waals surface area contributed by atoms with Crippen LogP contribution >= 0.6 is 10.9 Å². The van der Waals surface area contributed by atoms with Gasteiger partial charge < -0.3 is 4.55 Å². The molecule has 1 aromatic carbocycles. The molecule has 0 fully saturated rings. The first-order valence-electron chi connectivity index (χ1n) is 3.79. The van der Waals surface area contributed by atoms with Gasteiger partial charge in [0.25, 0.3) is 0 Å². The van der Waals surface area contributed by atoms with Gasteiger partial charge in [-0.05, 0) is 6.07 Å². The summed E-state index contributed by atoms with van der Waals surface area (Å²) in [5.41, 5.74) is 1.43. The van der Waals surface area contributed by atoms with Gasteiger partial charge in [-0.15, -0.1) is 9.59 Å². The molecule has 0 amide bonds. The maximum absolute atomic E-state index is 11.3. The van der Waals surface area contributed by atoms with Gasteiger partial charge in [-0.25, -0.2) is 4.98 Å². The van der Waals surface area contributed by atoms with Crippen molar-refractivity contribution in [3.63, 3.8) is 0 Å². The van der Waals surface area contributed by atoms with Crippen LogP contribution in [-0.2, 0) is 0 Å². The van der Waals surface area contributed by atoms with Crippen LogP contribution in [0.5, 0.6) is 0 Å². The summed E-state index contributed by atoms with van der Waals surface area (Å²) in [7, 11) is -1.22. The van der Waals surface area contributed by atoms with Crippen LogP contribution in [0.15, 0.2) is 24.3 Å². The molecule has 13 heavy (non-hydrogen) atoms. The first-order chi connectivity index (χ1) is 6.34. The second kappa shape index (κ2) is 2.27. The molecule has 0 saturated heterocycles. The van der Waals surface area contributed by atoms with Crippen molar-refractivity contribution in [3.8, 4) is 0 Å². The van der Waals surface area contributed by atoms with E-state index >= 15 is 0 Å². The molecule has 64 valence electrons. The van der Waals surface area contributed by atoms with Crippen molar-refractivity contribution in [3.05, 3.63) is 24.3 Å². The number of H-pyrrole nitrogens is 1. The Labute approximate surface area is 76.2 Å². The first kappa shape index (κ1) is 6.99. The maximum atomic E-state index is 11.3. The van der Waals surface area contributed by atoms with Crippen LogP contribution in [0.3, 0.4) is 0 Å². The number of nitrogens with one attached hydrogen (secondary N) is 1. The summed E-state index contributed by atoms with van der Waals surface area (Å²) in [4.78, 5) is 4.24. The van der Waals surface area contributed by atoms with E-state index in [2.05, 4.69) is 14.6 Å². The van der Waals surface area contributed by atoms with E-state index in [0.717, 1.165) is 10.9 Å². The molecule has 0 aliphatic carbocycles. The molecule has 1 atom stereocenters. The molecule has 2 heterocycles. The quantitative estimate of drug-likeness (QED) is 0.551. The zero-order chi connectivity index (χ0) is 8.84. The molecule has 3 aromatic rings. The van der Waals surface area contributed by atoms with Gasteiger partial charge in [0, 0.05) is 11.5 Å². The first-order valence-corrected chi connectivity index (χ1v) is 4.94. The number of aromatic amines is 1. The molecule has 3 rings (SSSR count). The Morgan fingerprint density at radius 1 is 1.38 bits per heavy atom. The van der Waals surface area contributed by atoms with Gasteiger partial charge in [0.05, 0.1) is 16.5 Å². The fourth-order valence-corrected chi connectivity index (χ4v) is 2.13. The van der Waals surface area contributed by atoms with E-state index in [4.69, 9.17) is 0 Å². The fourth-order valence-electron chi connectivity index (χ4n) is 1.37. The highest BCUT2D eigenvalue weighted by molar-refractivity contribution is 7.26. The summed E-state index contributed by atoms with van der Waals surface area (Å²) in [6, 6.07) is 7.63. The Morgan fingerprint density at radius 3 is 3.23 bits per heavy atom. The Balaban J connectivity index is 2.59. The lowest BCUT2D eigenvalue weighted by atomic mass is 10.3. The highest BCUT2D eigenvalue weighted by Crippen LogP contribution is 2.25. The molecule has 5 heteroatoms. The number of nitrogens with zero attached hydrogens (tertiary/aromatic N) is 2. The van der Waals surface area contributed by atoms with E-state index in [9.17, 15) is 4.55 Å². The number of hydrogen-bond donors (Lipinski definition) is 1. The van der Waals surface area contributed by atoms with Crippen molar-refractivity contribution in [1.82, 2.24) is 14.6 Å². The van der Waals surface area contributed by atoms with E-state index in [1.807, 2.05) is 24.3 Å². The molecule has 1 unspecified atom stereocenters. The van der Waals surface area contributed by atoms with Gasteiger partial charge >= 0.3 is 0 Å². The maximum Gasteiger partial charge on any atom is 0.243 e. The van der Waals surface area contributed by atoms with Crippen molar-refractivity contribution in [2.24, 2.45) is 0 Å². The SMILES string of the molecule is [O-][s+]1[nH]nc2nc3cccc3cc21. The summed E-state index contributed by atoms with van der Waals surface area (Å²) in [5.74, 6) is 0. The van der Waals surface area contributed by atoms with Crippen LogP contribution in [0.2, 0.25) is 0 Å². The van der Waals surface area contributed by atoms with Crippen LogP contribution in [0.1, 0.15) is 0 Å². The second-order valence-corrected chi connectivity index (χ2v) is 3.94. The lowest BCUT2D eigenvalue weighted by Gasteiger charge is -1.87. The Bertz CT molecular complexity index is 583. The minimum atomic E-state index is -1.22. The van der Waals surface area contributed by atoms with Crippen LogP contribution in [0.4, 0.5) is 0 Å². The third kappa shape index (κ3) is 0.881. The summed E-state index contributed by atoms with van der Waals surface area (Å²) in [6.45, 7) is 0.